The maximum absolute atomic E-state index is 10.7. The van der Waals surface area contributed by atoms with Crippen LogP contribution in [0.15, 0.2) is 24.4 Å². The first kappa shape index (κ1) is 15.1. The molecule has 2 aromatic rings. The Bertz CT molecular complexity index is 760. The summed E-state index contributed by atoms with van der Waals surface area (Å²) in [5, 5.41) is 31.9. The van der Waals surface area contributed by atoms with Gasteiger partial charge in [-0.05, 0) is 18.2 Å². The molecular formula is C15H16N4O4. The summed E-state index contributed by atoms with van der Waals surface area (Å²) in [5.74, 6) is 0.842. The molecule has 3 rings (SSSR count). The molecular weight excluding hydrogens is 300 g/mol. The first-order valence-electron chi connectivity index (χ1n) is 7.20. The number of hydrogen-bond acceptors (Lipinski definition) is 5. The standard InChI is InChI=1S/C15H16N4O4/c16-4-12(20)9-23-13-1-2-14-11(3-13)8-19(17-14)7-10-5-18(6-10)15(21)22/h1-3,8,10,12,20H,5-7,9H2,(H,21,22). The van der Waals surface area contributed by atoms with Gasteiger partial charge in [0.05, 0.1) is 11.6 Å². The molecule has 1 aromatic heterocycles. The molecule has 1 aliphatic rings. The SMILES string of the molecule is N#CC(O)COc1ccc2nn(CC3CN(C(=O)O)C3)cc2c1. The third-order valence-corrected chi connectivity index (χ3v) is 3.75. The molecule has 2 heterocycles. The zero-order valence-corrected chi connectivity index (χ0v) is 12.3. The summed E-state index contributed by atoms with van der Waals surface area (Å²) in [7, 11) is 0. The molecule has 120 valence electrons. The average molecular weight is 316 g/mol. The molecule has 0 radical (unpaired) electrons. The summed E-state index contributed by atoms with van der Waals surface area (Å²) in [4.78, 5) is 12.1. The summed E-state index contributed by atoms with van der Waals surface area (Å²) >= 11 is 0. The van der Waals surface area contributed by atoms with E-state index in [9.17, 15) is 9.90 Å². The van der Waals surface area contributed by atoms with Gasteiger partial charge >= 0.3 is 6.09 Å². The van der Waals surface area contributed by atoms with E-state index in [0.717, 1.165) is 10.9 Å². The van der Waals surface area contributed by atoms with Crippen molar-refractivity contribution in [2.75, 3.05) is 19.7 Å². The van der Waals surface area contributed by atoms with Gasteiger partial charge in [-0.3, -0.25) is 4.68 Å². The summed E-state index contributed by atoms with van der Waals surface area (Å²) in [6, 6.07) is 7.03. The topological polar surface area (TPSA) is 112 Å². The van der Waals surface area contributed by atoms with Crippen molar-refractivity contribution < 1.29 is 19.7 Å². The van der Waals surface area contributed by atoms with Crippen LogP contribution in [0.1, 0.15) is 0 Å². The first-order valence-corrected chi connectivity index (χ1v) is 7.20. The molecule has 1 aromatic carbocycles. The summed E-state index contributed by atoms with van der Waals surface area (Å²) < 4.78 is 7.16. The number of aliphatic hydroxyl groups is 1. The molecule has 1 fully saturated rings. The smallest absolute Gasteiger partial charge is 0.407 e. The van der Waals surface area contributed by atoms with Gasteiger partial charge in [0.15, 0.2) is 6.10 Å². The van der Waals surface area contributed by atoms with E-state index in [1.807, 2.05) is 16.9 Å². The van der Waals surface area contributed by atoms with E-state index in [4.69, 9.17) is 15.1 Å². The molecule has 8 heteroatoms. The second-order valence-corrected chi connectivity index (χ2v) is 5.58. The zero-order valence-electron chi connectivity index (χ0n) is 12.3. The van der Waals surface area contributed by atoms with Crippen LogP contribution in [0.25, 0.3) is 10.9 Å². The maximum atomic E-state index is 10.7. The Morgan fingerprint density at radius 2 is 2.30 bits per heavy atom. The molecule has 2 N–H and O–H groups in total. The van der Waals surface area contributed by atoms with Gasteiger partial charge in [0.1, 0.15) is 12.4 Å². The Balaban J connectivity index is 1.63. The fourth-order valence-electron chi connectivity index (χ4n) is 2.56. The van der Waals surface area contributed by atoms with Crippen molar-refractivity contribution in [2.24, 2.45) is 5.92 Å². The van der Waals surface area contributed by atoms with Crippen LogP contribution in [0.2, 0.25) is 0 Å². The number of carbonyl (C=O) groups is 1. The number of benzene rings is 1. The number of ether oxygens (including phenoxy) is 1. The highest BCUT2D eigenvalue weighted by Gasteiger charge is 2.30. The quantitative estimate of drug-likeness (QED) is 0.793. The minimum atomic E-state index is -1.15. The number of amides is 1. The Labute approximate surface area is 132 Å². The molecule has 1 saturated heterocycles. The summed E-state index contributed by atoms with van der Waals surface area (Å²) in [6.07, 6.45) is -0.149. The molecule has 0 aliphatic carbocycles. The average Bonchev–Trinajstić information content (AvgIpc) is 2.89. The van der Waals surface area contributed by atoms with Crippen molar-refractivity contribution in [3.63, 3.8) is 0 Å². The third kappa shape index (κ3) is 3.35. The number of likely N-dealkylation sites (tertiary alicyclic amines) is 1. The highest BCUT2D eigenvalue weighted by molar-refractivity contribution is 5.79. The predicted octanol–water partition coefficient (Wildman–Crippen LogP) is 0.909. The van der Waals surface area contributed by atoms with Crippen LogP contribution in [0.5, 0.6) is 5.75 Å². The van der Waals surface area contributed by atoms with E-state index in [0.29, 0.717) is 25.4 Å². The predicted molar refractivity (Wildman–Crippen MR) is 79.9 cm³/mol. The van der Waals surface area contributed by atoms with Crippen LogP contribution in [0.4, 0.5) is 4.79 Å². The van der Waals surface area contributed by atoms with Crippen molar-refractivity contribution in [1.82, 2.24) is 14.7 Å². The van der Waals surface area contributed by atoms with Crippen molar-refractivity contribution in [3.8, 4) is 11.8 Å². The molecule has 0 bridgehead atoms. The lowest BCUT2D eigenvalue weighted by molar-refractivity contribution is 0.0732. The normalized spacial score (nSPS) is 15.9. The number of aliphatic hydroxyl groups excluding tert-OH is 1. The van der Waals surface area contributed by atoms with E-state index < -0.39 is 12.2 Å². The molecule has 23 heavy (non-hydrogen) atoms. The number of nitriles is 1. The number of carboxylic acid groups (broad SMARTS) is 1. The largest absolute Gasteiger partial charge is 0.490 e. The number of hydrogen-bond donors (Lipinski definition) is 2. The van der Waals surface area contributed by atoms with E-state index >= 15 is 0 Å². The van der Waals surface area contributed by atoms with Crippen LogP contribution in [-0.4, -0.2) is 56.8 Å². The van der Waals surface area contributed by atoms with Crippen LogP contribution < -0.4 is 4.74 Å². The minimum absolute atomic E-state index is 0.0801. The van der Waals surface area contributed by atoms with Gasteiger partial charge in [-0.25, -0.2) is 4.79 Å². The number of rotatable bonds is 5. The monoisotopic (exact) mass is 316 g/mol. The fraction of sp³-hybridized carbons (Fsp3) is 0.400. The molecule has 8 nitrogen and oxygen atoms in total. The molecule has 1 amide bonds. The first-order chi connectivity index (χ1) is 11.0. The number of fused-ring (bicyclic) bond motifs is 1. The third-order valence-electron chi connectivity index (χ3n) is 3.75. The fourth-order valence-corrected chi connectivity index (χ4v) is 2.56. The van der Waals surface area contributed by atoms with Gasteiger partial charge in [0.2, 0.25) is 0 Å². The molecule has 1 atom stereocenters. The van der Waals surface area contributed by atoms with E-state index in [2.05, 4.69) is 5.10 Å². The van der Waals surface area contributed by atoms with Gasteiger partial charge in [-0.2, -0.15) is 10.4 Å². The van der Waals surface area contributed by atoms with E-state index in [1.165, 1.54) is 4.90 Å². The van der Waals surface area contributed by atoms with Gasteiger partial charge < -0.3 is 19.8 Å². The Morgan fingerprint density at radius 3 is 3.00 bits per heavy atom. The van der Waals surface area contributed by atoms with Gasteiger partial charge in [-0.15, -0.1) is 0 Å². The van der Waals surface area contributed by atoms with Crippen LogP contribution >= 0.6 is 0 Å². The number of aromatic nitrogens is 2. The Kier molecular flexibility index (Phi) is 4.04. The lowest BCUT2D eigenvalue weighted by Crippen LogP contribution is -2.50. The summed E-state index contributed by atoms with van der Waals surface area (Å²) in [6.45, 7) is 1.66. The highest BCUT2D eigenvalue weighted by Crippen LogP contribution is 2.22. The van der Waals surface area contributed by atoms with Crippen molar-refractivity contribution in [3.05, 3.63) is 24.4 Å². The second-order valence-electron chi connectivity index (χ2n) is 5.58. The van der Waals surface area contributed by atoms with Crippen LogP contribution in [0, 0.1) is 17.2 Å². The molecule has 1 unspecified atom stereocenters. The Morgan fingerprint density at radius 1 is 1.52 bits per heavy atom. The van der Waals surface area contributed by atoms with Gasteiger partial charge in [0.25, 0.3) is 0 Å². The maximum Gasteiger partial charge on any atom is 0.407 e. The van der Waals surface area contributed by atoms with Gasteiger partial charge in [-0.1, -0.05) is 0 Å². The Hall–Kier alpha value is -2.79. The lowest BCUT2D eigenvalue weighted by atomic mass is 10.0. The van der Waals surface area contributed by atoms with E-state index in [1.54, 1.807) is 18.2 Å². The lowest BCUT2D eigenvalue weighted by Gasteiger charge is -2.36. The van der Waals surface area contributed by atoms with Gasteiger partial charge in [0, 0.05) is 37.1 Å². The summed E-state index contributed by atoms with van der Waals surface area (Å²) in [5.41, 5.74) is 0.813. The van der Waals surface area contributed by atoms with Crippen molar-refractivity contribution in [1.29, 1.82) is 5.26 Å². The second kappa shape index (κ2) is 6.14. The van der Waals surface area contributed by atoms with Crippen LogP contribution in [0.3, 0.4) is 0 Å². The molecule has 1 aliphatic heterocycles. The minimum Gasteiger partial charge on any atom is -0.490 e. The van der Waals surface area contributed by atoms with Crippen molar-refractivity contribution in [2.45, 2.75) is 12.6 Å². The van der Waals surface area contributed by atoms with Crippen molar-refractivity contribution >= 4 is 17.0 Å². The molecule has 0 spiro atoms. The zero-order chi connectivity index (χ0) is 16.4. The van der Waals surface area contributed by atoms with E-state index in [-0.39, 0.29) is 12.5 Å². The number of nitrogens with zero attached hydrogens (tertiary/aromatic N) is 4. The molecule has 0 saturated carbocycles. The highest BCUT2D eigenvalue weighted by atomic mass is 16.5. The van der Waals surface area contributed by atoms with Crippen LogP contribution in [-0.2, 0) is 6.54 Å².